The highest BCUT2D eigenvalue weighted by atomic mass is 16.3. The van der Waals surface area contributed by atoms with Gasteiger partial charge in [-0.3, -0.25) is 0 Å². The van der Waals surface area contributed by atoms with Gasteiger partial charge in [0.25, 0.3) is 0 Å². The Morgan fingerprint density at radius 2 is 0.898 bits per heavy atom. The molecule has 0 spiro atoms. The molecule has 10 aromatic rings. The van der Waals surface area contributed by atoms with Crippen molar-refractivity contribution < 1.29 is 4.42 Å². The van der Waals surface area contributed by atoms with Gasteiger partial charge in [0.05, 0.1) is 0 Å². The minimum atomic E-state index is 0.600. The molecule has 0 amide bonds. The Balaban J connectivity index is 1.26. The van der Waals surface area contributed by atoms with Gasteiger partial charge in [-0.2, -0.15) is 0 Å². The van der Waals surface area contributed by atoms with E-state index >= 15 is 0 Å². The van der Waals surface area contributed by atoms with Crippen molar-refractivity contribution in [1.29, 1.82) is 0 Å². The molecule has 4 heteroatoms. The molecule has 0 saturated heterocycles. The molecule has 10 rings (SSSR count). The quantitative estimate of drug-likeness (QED) is 0.183. The molecule has 0 fully saturated rings. The Hall–Kier alpha value is -6.65. The summed E-state index contributed by atoms with van der Waals surface area (Å²) in [5.74, 6) is 1.85. The largest absolute Gasteiger partial charge is 0.456 e. The van der Waals surface area contributed by atoms with Crippen LogP contribution in [0.1, 0.15) is 0 Å². The number of rotatable bonds is 4. The highest BCUT2D eigenvalue weighted by molar-refractivity contribution is 6.21. The molecule has 0 radical (unpaired) electrons. The average Bonchev–Trinajstić information content (AvgIpc) is 3.56. The van der Waals surface area contributed by atoms with E-state index in [0.717, 1.165) is 49.8 Å². The van der Waals surface area contributed by atoms with E-state index in [1.807, 2.05) is 78.9 Å². The topological polar surface area (TPSA) is 51.8 Å². The van der Waals surface area contributed by atoms with Crippen LogP contribution >= 0.6 is 0 Å². The van der Waals surface area contributed by atoms with Crippen molar-refractivity contribution in [3.05, 3.63) is 164 Å². The molecule has 0 aliphatic heterocycles. The van der Waals surface area contributed by atoms with Crippen LogP contribution in [0.5, 0.6) is 0 Å². The minimum absolute atomic E-state index is 0.600. The molecule has 2 heterocycles. The minimum Gasteiger partial charge on any atom is -0.456 e. The van der Waals surface area contributed by atoms with Gasteiger partial charge in [-0.25, -0.2) is 15.0 Å². The van der Waals surface area contributed by atoms with E-state index in [2.05, 4.69) is 84.9 Å². The smallest absolute Gasteiger partial charge is 0.164 e. The number of fused-ring (bicyclic) bond motifs is 8. The summed E-state index contributed by atoms with van der Waals surface area (Å²) in [6, 6.07) is 57.0. The van der Waals surface area contributed by atoms with Gasteiger partial charge in [0.2, 0.25) is 0 Å². The monoisotopic (exact) mass is 625 g/mol. The van der Waals surface area contributed by atoms with Crippen LogP contribution < -0.4 is 0 Å². The maximum absolute atomic E-state index is 6.55. The average molecular weight is 626 g/mol. The lowest BCUT2D eigenvalue weighted by molar-refractivity contribution is 0.669. The van der Waals surface area contributed by atoms with Crippen LogP contribution in [-0.4, -0.2) is 15.0 Å². The third kappa shape index (κ3) is 4.57. The SMILES string of the molecule is c1ccc(-c2nc(-c3ccccc3)nc(-c3cc(-c4ccc5ccc6ccc7ccccc7c6c5c4)cc4oc5ccccc5c34)n2)cc1. The van der Waals surface area contributed by atoms with Crippen molar-refractivity contribution in [3.8, 4) is 45.3 Å². The fourth-order valence-electron chi connectivity index (χ4n) is 7.13. The molecule has 0 bridgehead atoms. The van der Waals surface area contributed by atoms with Crippen molar-refractivity contribution in [2.45, 2.75) is 0 Å². The summed E-state index contributed by atoms with van der Waals surface area (Å²) in [6.07, 6.45) is 0. The first-order chi connectivity index (χ1) is 24.3. The first-order valence-electron chi connectivity index (χ1n) is 16.4. The zero-order chi connectivity index (χ0) is 32.3. The molecule has 0 N–H and O–H groups in total. The fourth-order valence-corrected chi connectivity index (χ4v) is 7.13. The predicted molar refractivity (Wildman–Crippen MR) is 201 cm³/mol. The second-order valence-corrected chi connectivity index (χ2v) is 12.4. The molecule has 0 aliphatic rings. The van der Waals surface area contributed by atoms with E-state index in [0.29, 0.717) is 17.5 Å². The first kappa shape index (κ1) is 27.5. The van der Waals surface area contributed by atoms with Crippen LogP contribution in [0.25, 0.3) is 99.5 Å². The molecule has 0 unspecified atom stereocenters. The normalized spacial score (nSPS) is 11.7. The maximum atomic E-state index is 6.55. The molecular weight excluding hydrogens is 599 g/mol. The van der Waals surface area contributed by atoms with Crippen LogP contribution in [0.4, 0.5) is 0 Å². The number of hydrogen-bond donors (Lipinski definition) is 0. The lowest BCUT2D eigenvalue weighted by atomic mass is 9.93. The van der Waals surface area contributed by atoms with E-state index in [9.17, 15) is 0 Å². The summed E-state index contributed by atoms with van der Waals surface area (Å²) in [5.41, 5.74) is 6.51. The zero-order valence-corrected chi connectivity index (χ0v) is 26.3. The van der Waals surface area contributed by atoms with Crippen molar-refractivity contribution in [1.82, 2.24) is 15.0 Å². The molecule has 4 nitrogen and oxygen atoms in total. The van der Waals surface area contributed by atoms with Gasteiger partial charge >= 0.3 is 0 Å². The molecule has 2 aromatic heterocycles. The summed E-state index contributed by atoms with van der Waals surface area (Å²) in [5, 5.41) is 9.41. The maximum Gasteiger partial charge on any atom is 0.164 e. The zero-order valence-electron chi connectivity index (χ0n) is 26.3. The van der Waals surface area contributed by atoms with Gasteiger partial charge in [0.15, 0.2) is 17.5 Å². The third-order valence-electron chi connectivity index (χ3n) is 9.48. The van der Waals surface area contributed by atoms with Gasteiger partial charge in [0.1, 0.15) is 11.2 Å². The Morgan fingerprint density at radius 3 is 1.63 bits per heavy atom. The first-order valence-corrected chi connectivity index (χ1v) is 16.4. The lowest BCUT2D eigenvalue weighted by Crippen LogP contribution is -2.00. The highest BCUT2D eigenvalue weighted by Gasteiger charge is 2.20. The van der Waals surface area contributed by atoms with Crippen LogP contribution in [0.15, 0.2) is 168 Å². The Morgan fingerprint density at radius 1 is 0.327 bits per heavy atom. The van der Waals surface area contributed by atoms with Gasteiger partial charge in [-0.15, -0.1) is 0 Å². The molecule has 0 aliphatic carbocycles. The molecule has 0 atom stereocenters. The third-order valence-corrected chi connectivity index (χ3v) is 9.48. The summed E-state index contributed by atoms with van der Waals surface area (Å²) in [4.78, 5) is 15.2. The second-order valence-electron chi connectivity index (χ2n) is 12.4. The molecule has 8 aromatic carbocycles. The standard InChI is InChI=1S/C45H27N3O/c1-3-12-31(13-4-1)43-46-44(32-14-5-2-6-15-32)48-45(47-43)38-26-34(27-40-42(38)36-17-9-10-18-39(36)49-40)33-24-21-29-20-23-30-22-19-28-11-7-8-16-35(28)41(30)37(29)25-33/h1-27H. The number of benzene rings is 8. The summed E-state index contributed by atoms with van der Waals surface area (Å²) >= 11 is 0. The molecule has 228 valence electrons. The van der Waals surface area contributed by atoms with Crippen molar-refractivity contribution in [2.75, 3.05) is 0 Å². The van der Waals surface area contributed by atoms with Crippen LogP contribution in [0, 0.1) is 0 Å². The van der Waals surface area contributed by atoms with Crippen LogP contribution in [0.3, 0.4) is 0 Å². The predicted octanol–water partition coefficient (Wildman–Crippen LogP) is 11.9. The van der Waals surface area contributed by atoms with E-state index in [1.54, 1.807) is 0 Å². The van der Waals surface area contributed by atoms with E-state index < -0.39 is 0 Å². The molecule has 0 saturated carbocycles. The van der Waals surface area contributed by atoms with Gasteiger partial charge in [-0.05, 0) is 67.7 Å². The fraction of sp³-hybridized carbons (Fsp3) is 0. The van der Waals surface area contributed by atoms with E-state index in [4.69, 9.17) is 19.4 Å². The van der Waals surface area contributed by atoms with Crippen molar-refractivity contribution in [3.63, 3.8) is 0 Å². The van der Waals surface area contributed by atoms with Crippen molar-refractivity contribution in [2.24, 2.45) is 0 Å². The van der Waals surface area contributed by atoms with Gasteiger partial charge < -0.3 is 4.42 Å². The van der Waals surface area contributed by atoms with Gasteiger partial charge in [-0.1, -0.05) is 140 Å². The van der Waals surface area contributed by atoms with Crippen LogP contribution in [0.2, 0.25) is 0 Å². The lowest BCUT2D eigenvalue weighted by Gasteiger charge is -2.12. The summed E-state index contributed by atoms with van der Waals surface area (Å²) < 4.78 is 6.55. The van der Waals surface area contributed by atoms with Gasteiger partial charge in [0, 0.05) is 27.5 Å². The Kier molecular flexibility index (Phi) is 6.15. The number of para-hydroxylation sites is 1. The number of furan rings is 1. The summed E-state index contributed by atoms with van der Waals surface area (Å²) in [6.45, 7) is 0. The van der Waals surface area contributed by atoms with Crippen molar-refractivity contribution >= 4 is 54.3 Å². The second kappa shape index (κ2) is 11.0. The Bertz CT molecular complexity index is 2810. The molecule has 49 heavy (non-hydrogen) atoms. The number of nitrogens with zero attached hydrogens (tertiary/aromatic N) is 3. The number of aromatic nitrogens is 3. The Labute approximate surface area is 282 Å². The number of hydrogen-bond acceptors (Lipinski definition) is 4. The highest BCUT2D eigenvalue weighted by Crippen LogP contribution is 2.41. The molecular formula is C45H27N3O. The van der Waals surface area contributed by atoms with E-state index in [-0.39, 0.29) is 0 Å². The van der Waals surface area contributed by atoms with E-state index in [1.165, 1.54) is 32.3 Å². The summed E-state index contributed by atoms with van der Waals surface area (Å²) in [7, 11) is 0. The van der Waals surface area contributed by atoms with Crippen LogP contribution in [-0.2, 0) is 0 Å².